The summed E-state index contributed by atoms with van der Waals surface area (Å²) in [6, 6.07) is 27.2. The van der Waals surface area contributed by atoms with Gasteiger partial charge in [0.1, 0.15) is 58.6 Å². The van der Waals surface area contributed by atoms with Crippen molar-refractivity contribution in [2.24, 2.45) is 0 Å². The Balaban J connectivity index is 0.812. The number of rotatable bonds is 13. The van der Waals surface area contributed by atoms with Crippen molar-refractivity contribution < 1.29 is 37.4 Å². The number of benzene rings is 5. The quantitative estimate of drug-likeness (QED) is 0.0881. The number of hydrogen-bond acceptors (Lipinski definition) is 13. The molecule has 9 aromatic rings. The van der Waals surface area contributed by atoms with E-state index in [9.17, 15) is 18.8 Å². The fraction of sp³-hybridized carbons (Fsp3) is 0.0698. The molecule has 0 atom stereocenters. The number of fused-ring (bicyclic) bond motifs is 3. The highest BCUT2D eigenvalue weighted by Gasteiger charge is 2.20. The van der Waals surface area contributed by atoms with Crippen LogP contribution in [0.4, 0.5) is 34.0 Å². The molecule has 0 radical (unpaired) electrons. The molecule has 5 aromatic carbocycles. The third-order valence-corrected chi connectivity index (χ3v) is 12.8. The number of nitrogens with one attached hydrogen (secondary N) is 4. The highest BCUT2D eigenvalue weighted by molar-refractivity contribution is 7.23. The maximum atomic E-state index is 15.8. The summed E-state index contributed by atoms with van der Waals surface area (Å²) in [5, 5.41) is 14.5. The number of methoxy groups -OCH3 is 1. The minimum Gasteiger partial charge on any atom is -0.494 e. The van der Waals surface area contributed by atoms with Crippen LogP contribution in [0.2, 0.25) is 0 Å². The molecule has 0 aliphatic rings. The summed E-state index contributed by atoms with van der Waals surface area (Å²) in [6.07, 6.45) is 0. The number of halogens is 2. The topological polar surface area (TPSA) is 166 Å². The molecule has 0 aliphatic carbocycles. The molecule has 13 nitrogen and oxygen atoms in total. The number of urea groups is 1. The van der Waals surface area contributed by atoms with Crippen LogP contribution in [0.3, 0.4) is 0 Å². The average Bonchev–Trinajstić information content (AvgIpc) is 4.08. The van der Waals surface area contributed by atoms with Crippen molar-refractivity contribution in [1.82, 2.24) is 15.0 Å². The van der Waals surface area contributed by atoms with E-state index in [1.165, 1.54) is 81.7 Å². The van der Waals surface area contributed by atoms with Crippen molar-refractivity contribution in [3.8, 4) is 17.2 Å². The van der Waals surface area contributed by atoms with E-state index >= 15 is 4.39 Å². The Hall–Kier alpha value is -7.06. The fourth-order valence-corrected chi connectivity index (χ4v) is 9.62. The molecule has 4 N–H and O–H groups in total. The standard InChI is InChI=1S/C43H29F2N7O6S4/c1-56-27-8-3-11-30-35(27)47-43(62-30)52-40(55)46-33-18-22(21-59-33)19-57-28-9-4-12-31-36(28)49-42(61-31)51-39(54)26-7-2-6-24(34(26)45)20-58-29-10-5-13-32-37(29)48-41(60-32)50-38(53)23-14-16-25(44)17-15-23/h2-18,21H,19-20H2,1H3,(H,48,50,53)(H,49,51,54)(H2,46,47,52,55). The summed E-state index contributed by atoms with van der Waals surface area (Å²) < 4.78 is 49.0. The van der Waals surface area contributed by atoms with E-state index in [4.69, 9.17) is 14.2 Å². The van der Waals surface area contributed by atoms with Crippen LogP contribution in [0, 0.1) is 11.6 Å². The minimum absolute atomic E-state index is 0.136. The number of thiazole rings is 3. The molecule has 19 heteroatoms. The van der Waals surface area contributed by atoms with Crippen LogP contribution in [0.1, 0.15) is 31.8 Å². The van der Waals surface area contributed by atoms with Gasteiger partial charge in [0, 0.05) is 16.7 Å². The summed E-state index contributed by atoms with van der Waals surface area (Å²) in [7, 11) is 1.57. The van der Waals surface area contributed by atoms with Crippen molar-refractivity contribution in [3.05, 3.63) is 142 Å². The maximum absolute atomic E-state index is 15.8. The van der Waals surface area contributed by atoms with Gasteiger partial charge in [0.2, 0.25) is 0 Å². The third kappa shape index (κ3) is 8.73. The van der Waals surface area contributed by atoms with E-state index in [0.29, 0.717) is 53.8 Å². The van der Waals surface area contributed by atoms with Crippen molar-refractivity contribution in [1.29, 1.82) is 0 Å². The lowest BCUT2D eigenvalue weighted by molar-refractivity contribution is 0.101. The van der Waals surface area contributed by atoms with Crippen molar-refractivity contribution in [2.45, 2.75) is 13.2 Å². The summed E-state index contributed by atoms with van der Waals surface area (Å²) >= 11 is 5.12. The van der Waals surface area contributed by atoms with Crippen LogP contribution >= 0.6 is 45.3 Å². The number of hydrogen-bond donors (Lipinski definition) is 4. The highest BCUT2D eigenvalue weighted by Crippen LogP contribution is 2.36. The highest BCUT2D eigenvalue weighted by atomic mass is 32.1. The van der Waals surface area contributed by atoms with Crippen LogP contribution in [0.15, 0.2) is 109 Å². The number of amides is 4. The maximum Gasteiger partial charge on any atom is 0.326 e. The van der Waals surface area contributed by atoms with Gasteiger partial charge in [-0.1, -0.05) is 64.3 Å². The van der Waals surface area contributed by atoms with Gasteiger partial charge in [0.05, 0.1) is 31.8 Å². The zero-order chi connectivity index (χ0) is 42.7. The first-order valence-electron chi connectivity index (χ1n) is 18.5. The number of carbonyl (C=O) groups is 3. The second kappa shape index (κ2) is 17.5. The van der Waals surface area contributed by atoms with E-state index in [1.807, 2.05) is 47.8 Å². The molecule has 0 fully saturated rings. The third-order valence-electron chi connectivity index (χ3n) is 9.12. The Labute approximate surface area is 366 Å². The molecule has 0 aliphatic heterocycles. The van der Waals surface area contributed by atoms with E-state index in [2.05, 4.69) is 36.2 Å². The second-order valence-electron chi connectivity index (χ2n) is 13.2. The van der Waals surface area contributed by atoms with E-state index in [1.54, 1.807) is 31.4 Å². The molecule has 0 saturated heterocycles. The first kappa shape index (κ1) is 40.4. The minimum atomic E-state index is -0.757. The SMILES string of the molecule is COc1cccc2sc(NC(=O)Nc3cc(COc4cccc5sc(NC(=O)c6cccc(COc7cccc8sc(NC(=O)c9ccc(F)cc9)nc78)c6F)nc45)cs3)nc12. The first-order chi connectivity index (χ1) is 30.2. The van der Waals surface area contributed by atoms with Crippen LogP contribution in [-0.2, 0) is 13.2 Å². The predicted molar refractivity (Wildman–Crippen MR) is 240 cm³/mol. The number of anilines is 4. The van der Waals surface area contributed by atoms with Gasteiger partial charge in [0.15, 0.2) is 15.4 Å². The van der Waals surface area contributed by atoms with Crippen LogP contribution in [0.5, 0.6) is 17.2 Å². The molecule has 4 heterocycles. The zero-order valence-electron chi connectivity index (χ0n) is 32.0. The molecule has 0 spiro atoms. The molecule has 4 aromatic heterocycles. The zero-order valence-corrected chi connectivity index (χ0v) is 35.3. The second-order valence-corrected chi connectivity index (χ2v) is 17.2. The molecular formula is C43H29F2N7O6S4. The van der Waals surface area contributed by atoms with E-state index < -0.39 is 29.5 Å². The normalized spacial score (nSPS) is 11.1. The molecule has 310 valence electrons. The monoisotopic (exact) mass is 905 g/mol. The molecule has 0 unspecified atom stereocenters. The fourth-order valence-electron chi connectivity index (χ4n) is 6.20. The van der Waals surface area contributed by atoms with Crippen LogP contribution in [-0.4, -0.2) is 39.9 Å². The van der Waals surface area contributed by atoms with Crippen LogP contribution < -0.4 is 35.5 Å². The lowest BCUT2D eigenvalue weighted by Crippen LogP contribution is -2.18. The van der Waals surface area contributed by atoms with Gasteiger partial charge >= 0.3 is 6.03 Å². The number of aromatic nitrogens is 3. The average molecular weight is 906 g/mol. The van der Waals surface area contributed by atoms with Gasteiger partial charge in [-0.15, -0.1) is 11.3 Å². The molecule has 62 heavy (non-hydrogen) atoms. The van der Waals surface area contributed by atoms with Gasteiger partial charge in [-0.2, -0.15) is 0 Å². The number of thiophene rings is 1. The van der Waals surface area contributed by atoms with Crippen molar-refractivity contribution >= 4 is 114 Å². The molecule has 4 amide bonds. The van der Waals surface area contributed by atoms with Gasteiger partial charge in [-0.05, 0) is 78.2 Å². The van der Waals surface area contributed by atoms with Crippen LogP contribution in [0.25, 0.3) is 30.6 Å². The molecule has 0 bridgehead atoms. The molecule has 0 saturated carbocycles. The summed E-state index contributed by atoms with van der Waals surface area (Å²) in [4.78, 5) is 52.4. The lowest BCUT2D eigenvalue weighted by Gasteiger charge is -2.10. The number of ether oxygens (including phenoxy) is 3. The van der Waals surface area contributed by atoms with Crippen molar-refractivity contribution in [3.63, 3.8) is 0 Å². The van der Waals surface area contributed by atoms with Gasteiger partial charge in [-0.25, -0.2) is 28.5 Å². The van der Waals surface area contributed by atoms with Crippen molar-refractivity contribution in [2.75, 3.05) is 28.4 Å². The summed E-state index contributed by atoms with van der Waals surface area (Å²) in [5.41, 5.74) is 2.67. The first-order valence-corrected chi connectivity index (χ1v) is 21.8. The van der Waals surface area contributed by atoms with Gasteiger partial charge < -0.3 is 14.2 Å². The largest absolute Gasteiger partial charge is 0.494 e. The molecular weight excluding hydrogens is 877 g/mol. The number of para-hydroxylation sites is 3. The number of nitrogens with zero attached hydrogens (tertiary/aromatic N) is 3. The summed E-state index contributed by atoms with van der Waals surface area (Å²) in [5.74, 6) is -0.899. The van der Waals surface area contributed by atoms with E-state index in [0.717, 1.165) is 15.0 Å². The Bertz CT molecular complexity index is 3150. The Morgan fingerprint density at radius 1 is 0.613 bits per heavy atom. The smallest absolute Gasteiger partial charge is 0.326 e. The van der Waals surface area contributed by atoms with Gasteiger partial charge in [-0.3, -0.25) is 30.9 Å². The Morgan fingerprint density at radius 3 is 1.79 bits per heavy atom. The predicted octanol–water partition coefficient (Wildman–Crippen LogP) is 11.2. The lowest BCUT2D eigenvalue weighted by atomic mass is 10.1. The Morgan fingerprint density at radius 2 is 1.16 bits per heavy atom. The van der Waals surface area contributed by atoms with Gasteiger partial charge in [0.25, 0.3) is 11.8 Å². The van der Waals surface area contributed by atoms with E-state index in [-0.39, 0.29) is 35.0 Å². The molecule has 9 rings (SSSR count). The summed E-state index contributed by atoms with van der Waals surface area (Å²) in [6.45, 7) is -0.0279. The number of carbonyl (C=O) groups excluding carboxylic acids is 3. The Kier molecular flexibility index (Phi) is 11.4.